The Morgan fingerprint density at radius 3 is 2.46 bits per heavy atom. The van der Waals surface area contributed by atoms with Crippen LogP contribution < -0.4 is 10.6 Å². The van der Waals surface area contributed by atoms with Crippen LogP contribution in [0.2, 0.25) is 5.02 Å². The van der Waals surface area contributed by atoms with Crippen molar-refractivity contribution < 1.29 is 9.18 Å². The van der Waals surface area contributed by atoms with Crippen LogP contribution in [0.1, 0.15) is 10.5 Å². The molecular formula is C17H12ClFN4O. The van der Waals surface area contributed by atoms with Gasteiger partial charge in [-0.3, -0.25) is 4.79 Å². The minimum Gasteiger partial charge on any atom is -0.339 e. The van der Waals surface area contributed by atoms with Crippen LogP contribution in [0.25, 0.3) is 0 Å². The Bertz CT molecular complexity index is 856. The molecule has 7 heteroatoms. The van der Waals surface area contributed by atoms with E-state index in [0.717, 1.165) is 0 Å². The lowest BCUT2D eigenvalue weighted by molar-refractivity contribution is 0.102. The molecule has 1 aromatic heterocycles. The first kappa shape index (κ1) is 15.9. The number of para-hydroxylation sites is 1. The molecule has 2 N–H and O–H groups in total. The molecule has 5 nitrogen and oxygen atoms in total. The fraction of sp³-hybridized carbons (Fsp3) is 0. The van der Waals surface area contributed by atoms with E-state index in [0.29, 0.717) is 17.2 Å². The summed E-state index contributed by atoms with van der Waals surface area (Å²) in [7, 11) is 0. The van der Waals surface area contributed by atoms with Crippen LogP contribution in [0.15, 0.2) is 60.9 Å². The lowest BCUT2D eigenvalue weighted by Gasteiger charge is -2.07. The van der Waals surface area contributed by atoms with Crippen LogP contribution in [0.5, 0.6) is 0 Å². The zero-order chi connectivity index (χ0) is 16.9. The monoisotopic (exact) mass is 342 g/mol. The zero-order valence-electron chi connectivity index (χ0n) is 12.3. The number of aromatic nitrogens is 2. The molecule has 3 aromatic rings. The highest BCUT2D eigenvalue weighted by Crippen LogP contribution is 2.21. The number of halogens is 2. The molecule has 2 aromatic carbocycles. The number of anilines is 3. The van der Waals surface area contributed by atoms with E-state index in [4.69, 9.17) is 11.6 Å². The molecular weight excluding hydrogens is 331 g/mol. The maximum absolute atomic E-state index is 13.1. The van der Waals surface area contributed by atoms with E-state index in [1.807, 2.05) is 18.2 Å². The lowest BCUT2D eigenvalue weighted by Crippen LogP contribution is -2.14. The third-order valence-corrected chi connectivity index (χ3v) is 3.40. The van der Waals surface area contributed by atoms with Gasteiger partial charge in [-0.2, -0.15) is 0 Å². The summed E-state index contributed by atoms with van der Waals surface area (Å²) in [6.07, 6.45) is 2.77. The maximum atomic E-state index is 13.1. The van der Waals surface area contributed by atoms with Crippen molar-refractivity contribution in [1.82, 2.24) is 9.97 Å². The van der Waals surface area contributed by atoms with E-state index in [-0.39, 0.29) is 16.6 Å². The standard InChI is InChI=1S/C17H12ClFN4O/c18-13-8-12(6-7-14(13)19)22-16-10-20-15(9-21-16)17(24)23-11-4-2-1-3-5-11/h1-10H,(H,21,22)(H,23,24). The van der Waals surface area contributed by atoms with Crippen molar-refractivity contribution in [3.63, 3.8) is 0 Å². The van der Waals surface area contributed by atoms with Gasteiger partial charge in [-0.15, -0.1) is 0 Å². The number of carbonyl (C=O) groups excluding carboxylic acids is 1. The van der Waals surface area contributed by atoms with Crippen molar-refractivity contribution in [2.24, 2.45) is 0 Å². The molecule has 24 heavy (non-hydrogen) atoms. The number of rotatable bonds is 4. The molecule has 0 bridgehead atoms. The van der Waals surface area contributed by atoms with Gasteiger partial charge in [0.15, 0.2) is 0 Å². The van der Waals surface area contributed by atoms with Gasteiger partial charge in [0.1, 0.15) is 17.3 Å². The minimum atomic E-state index is -0.499. The van der Waals surface area contributed by atoms with Crippen molar-refractivity contribution in [1.29, 1.82) is 0 Å². The van der Waals surface area contributed by atoms with E-state index in [1.165, 1.54) is 30.6 Å². The van der Waals surface area contributed by atoms with Crippen molar-refractivity contribution in [2.45, 2.75) is 0 Å². The smallest absolute Gasteiger partial charge is 0.275 e. The fourth-order valence-corrected chi connectivity index (χ4v) is 2.13. The average Bonchev–Trinajstić information content (AvgIpc) is 2.60. The quantitative estimate of drug-likeness (QED) is 0.743. The summed E-state index contributed by atoms with van der Waals surface area (Å²) in [6.45, 7) is 0. The Morgan fingerprint density at radius 1 is 1.00 bits per heavy atom. The zero-order valence-corrected chi connectivity index (χ0v) is 13.1. The van der Waals surface area contributed by atoms with Crippen molar-refractivity contribution in [3.8, 4) is 0 Å². The molecule has 0 aliphatic rings. The fourth-order valence-electron chi connectivity index (χ4n) is 1.95. The maximum Gasteiger partial charge on any atom is 0.275 e. The van der Waals surface area contributed by atoms with Crippen molar-refractivity contribution >= 4 is 34.7 Å². The highest BCUT2D eigenvalue weighted by atomic mass is 35.5. The summed E-state index contributed by atoms with van der Waals surface area (Å²) in [6, 6.07) is 13.3. The third-order valence-electron chi connectivity index (χ3n) is 3.11. The predicted molar refractivity (Wildman–Crippen MR) is 91.1 cm³/mol. The average molecular weight is 343 g/mol. The Hall–Kier alpha value is -2.99. The summed E-state index contributed by atoms with van der Waals surface area (Å²) < 4.78 is 13.1. The number of carbonyl (C=O) groups is 1. The second-order valence-corrected chi connectivity index (χ2v) is 5.27. The highest BCUT2D eigenvalue weighted by Gasteiger charge is 2.09. The molecule has 1 heterocycles. The summed E-state index contributed by atoms with van der Waals surface area (Å²) in [5, 5.41) is 5.66. The van der Waals surface area contributed by atoms with Crippen LogP contribution >= 0.6 is 11.6 Å². The number of hydrogen-bond donors (Lipinski definition) is 2. The van der Waals surface area contributed by atoms with E-state index >= 15 is 0 Å². The van der Waals surface area contributed by atoms with E-state index < -0.39 is 5.82 Å². The first-order chi connectivity index (χ1) is 11.6. The first-order valence-corrected chi connectivity index (χ1v) is 7.40. The second-order valence-electron chi connectivity index (χ2n) is 4.86. The number of nitrogens with zero attached hydrogens (tertiary/aromatic N) is 2. The molecule has 0 atom stereocenters. The van der Waals surface area contributed by atoms with Crippen LogP contribution in [0.4, 0.5) is 21.6 Å². The molecule has 0 spiro atoms. The van der Waals surface area contributed by atoms with Gasteiger partial charge in [0.05, 0.1) is 17.4 Å². The van der Waals surface area contributed by atoms with Gasteiger partial charge in [-0.1, -0.05) is 29.8 Å². The molecule has 0 saturated carbocycles. The summed E-state index contributed by atoms with van der Waals surface area (Å²) in [4.78, 5) is 20.3. The number of nitrogens with one attached hydrogen (secondary N) is 2. The highest BCUT2D eigenvalue weighted by molar-refractivity contribution is 6.31. The van der Waals surface area contributed by atoms with Gasteiger partial charge in [0.2, 0.25) is 0 Å². The molecule has 0 saturated heterocycles. The molecule has 3 rings (SSSR count). The predicted octanol–water partition coefficient (Wildman–Crippen LogP) is 4.27. The first-order valence-electron chi connectivity index (χ1n) is 7.02. The van der Waals surface area contributed by atoms with Crippen molar-refractivity contribution in [3.05, 3.63) is 77.5 Å². The van der Waals surface area contributed by atoms with Crippen LogP contribution in [0.3, 0.4) is 0 Å². The molecule has 0 unspecified atom stereocenters. The van der Waals surface area contributed by atoms with E-state index in [9.17, 15) is 9.18 Å². The van der Waals surface area contributed by atoms with Gasteiger partial charge in [0.25, 0.3) is 5.91 Å². The third kappa shape index (κ3) is 3.85. The molecule has 120 valence electrons. The largest absolute Gasteiger partial charge is 0.339 e. The van der Waals surface area contributed by atoms with Gasteiger partial charge in [-0.05, 0) is 30.3 Å². The van der Waals surface area contributed by atoms with Crippen LogP contribution in [-0.2, 0) is 0 Å². The van der Waals surface area contributed by atoms with Gasteiger partial charge < -0.3 is 10.6 Å². The number of benzene rings is 2. The van der Waals surface area contributed by atoms with Gasteiger partial charge in [0, 0.05) is 11.4 Å². The molecule has 0 aliphatic carbocycles. The summed E-state index contributed by atoms with van der Waals surface area (Å²) in [5.41, 5.74) is 1.42. The van der Waals surface area contributed by atoms with Crippen molar-refractivity contribution in [2.75, 3.05) is 10.6 Å². The Balaban J connectivity index is 1.68. The van der Waals surface area contributed by atoms with Crippen LogP contribution in [-0.4, -0.2) is 15.9 Å². The second kappa shape index (κ2) is 7.06. The number of hydrogen-bond acceptors (Lipinski definition) is 4. The molecule has 0 fully saturated rings. The molecule has 0 aliphatic heterocycles. The SMILES string of the molecule is O=C(Nc1ccccc1)c1cnc(Nc2ccc(F)c(Cl)c2)cn1. The molecule has 1 amide bonds. The normalized spacial score (nSPS) is 10.2. The Labute approximate surface area is 142 Å². The lowest BCUT2D eigenvalue weighted by atomic mass is 10.3. The number of amides is 1. The topological polar surface area (TPSA) is 66.9 Å². The molecule has 0 radical (unpaired) electrons. The van der Waals surface area contributed by atoms with Crippen LogP contribution in [0, 0.1) is 5.82 Å². The Morgan fingerprint density at radius 2 is 1.79 bits per heavy atom. The minimum absolute atomic E-state index is 0.00631. The summed E-state index contributed by atoms with van der Waals surface area (Å²) >= 11 is 5.72. The Kier molecular flexibility index (Phi) is 4.67. The van der Waals surface area contributed by atoms with Gasteiger partial charge >= 0.3 is 0 Å². The van der Waals surface area contributed by atoms with E-state index in [2.05, 4.69) is 20.6 Å². The summed E-state index contributed by atoms with van der Waals surface area (Å²) in [5.74, 6) is -0.444. The van der Waals surface area contributed by atoms with Gasteiger partial charge in [-0.25, -0.2) is 14.4 Å². The van der Waals surface area contributed by atoms with E-state index in [1.54, 1.807) is 12.1 Å².